The molecule has 132 valence electrons. The number of amides is 2. The van der Waals surface area contributed by atoms with Crippen molar-refractivity contribution in [3.8, 4) is 0 Å². The predicted molar refractivity (Wildman–Crippen MR) is 101 cm³/mol. The largest absolute Gasteiger partial charge is 0.352 e. The number of thiophene rings is 1. The summed E-state index contributed by atoms with van der Waals surface area (Å²) in [5, 5.41) is 6.24. The van der Waals surface area contributed by atoms with Crippen LogP contribution in [0, 0.1) is 5.92 Å². The Kier molecular flexibility index (Phi) is 4.67. The van der Waals surface area contributed by atoms with Crippen LogP contribution < -0.4 is 5.32 Å². The summed E-state index contributed by atoms with van der Waals surface area (Å²) in [6.45, 7) is 1.48. The van der Waals surface area contributed by atoms with E-state index in [0.717, 1.165) is 11.1 Å². The molecule has 0 saturated carbocycles. The molecule has 5 nitrogen and oxygen atoms in total. The fourth-order valence-electron chi connectivity index (χ4n) is 3.27. The van der Waals surface area contributed by atoms with Gasteiger partial charge in [-0.25, -0.2) is 0 Å². The van der Waals surface area contributed by atoms with Crippen LogP contribution in [0.3, 0.4) is 0 Å². The average molecular weight is 365 g/mol. The highest BCUT2D eigenvalue weighted by atomic mass is 32.1. The first-order valence-electron chi connectivity index (χ1n) is 8.59. The molecule has 0 radical (unpaired) electrons. The molecule has 1 N–H and O–H groups in total. The van der Waals surface area contributed by atoms with E-state index in [2.05, 4.69) is 33.9 Å². The van der Waals surface area contributed by atoms with E-state index in [4.69, 9.17) is 0 Å². The van der Waals surface area contributed by atoms with Gasteiger partial charge in [0.05, 0.1) is 5.92 Å². The van der Waals surface area contributed by atoms with Crippen molar-refractivity contribution in [3.05, 3.63) is 65.3 Å². The zero-order chi connectivity index (χ0) is 17.9. The Morgan fingerprint density at radius 1 is 1.19 bits per heavy atom. The maximum atomic E-state index is 12.5. The molecule has 4 rings (SSSR count). The van der Waals surface area contributed by atoms with Gasteiger partial charge in [0.2, 0.25) is 11.8 Å². The van der Waals surface area contributed by atoms with Crippen molar-refractivity contribution in [3.63, 3.8) is 0 Å². The molecule has 1 aliphatic rings. The van der Waals surface area contributed by atoms with E-state index < -0.39 is 0 Å². The van der Waals surface area contributed by atoms with Crippen molar-refractivity contribution in [1.29, 1.82) is 0 Å². The second-order valence-electron chi connectivity index (χ2n) is 6.54. The summed E-state index contributed by atoms with van der Waals surface area (Å²) < 4.78 is 1.24. The standard InChI is InChI=1S/C20H19N3O2S/c24-19-10-17(13-23(19)12-14-3-6-21-7-4-14)20(25)22-11-15-1-2-18-16(9-15)5-8-26-18/h1-9,17H,10-13H2,(H,22,25)/t17-/m1/s1. The van der Waals surface area contributed by atoms with Crippen LogP contribution in [0.25, 0.3) is 10.1 Å². The molecule has 0 spiro atoms. The minimum Gasteiger partial charge on any atom is -0.352 e. The number of nitrogens with one attached hydrogen (secondary N) is 1. The molecule has 2 amide bonds. The van der Waals surface area contributed by atoms with Crippen molar-refractivity contribution < 1.29 is 9.59 Å². The van der Waals surface area contributed by atoms with Gasteiger partial charge in [-0.05, 0) is 52.2 Å². The summed E-state index contributed by atoms with van der Waals surface area (Å²) in [5.41, 5.74) is 2.10. The molecule has 1 saturated heterocycles. The Balaban J connectivity index is 1.34. The van der Waals surface area contributed by atoms with Crippen LogP contribution in [-0.2, 0) is 22.7 Å². The molecule has 0 aliphatic carbocycles. The summed E-state index contributed by atoms with van der Waals surface area (Å²) >= 11 is 1.71. The zero-order valence-corrected chi connectivity index (χ0v) is 15.0. The number of aromatic nitrogens is 1. The third-order valence-electron chi connectivity index (χ3n) is 4.69. The number of pyridine rings is 1. The van der Waals surface area contributed by atoms with Gasteiger partial charge in [-0.2, -0.15) is 0 Å². The number of nitrogens with zero attached hydrogens (tertiary/aromatic N) is 2. The second-order valence-corrected chi connectivity index (χ2v) is 7.49. The van der Waals surface area contributed by atoms with Gasteiger partial charge in [0, 0.05) is 43.1 Å². The van der Waals surface area contributed by atoms with Gasteiger partial charge >= 0.3 is 0 Å². The molecule has 1 aromatic carbocycles. The minimum atomic E-state index is -0.283. The summed E-state index contributed by atoms with van der Waals surface area (Å²) in [7, 11) is 0. The zero-order valence-electron chi connectivity index (χ0n) is 14.2. The molecule has 1 fully saturated rings. The average Bonchev–Trinajstić information content (AvgIpc) is 3.27. The molecule has 0 bridgehead atoms. The number of fused-ring (bicyclic) bond motifs is 1. The molecule has 6 heteroatoms. The quantitative estimate of drug-likeness (QED) is 0.756. The van der Waals surface area contributed by atoms with Crippen LogP contribution in [0.2, 0.25) is 0 Å². The van der Waals surface area contributed by atoms with Crippen molar-refractivity contribution in [2.45, 2.75) is 19.5 Å². The first kappa shape index (κ1) is 16.7. The lowest BCUT2D eigenvalue weighted by molar-refractivity contribution is -0.129. The Morgan fingerprint density at radius 3 is 2.88 bits per heavy atom. The predicted octanol–water partition coefficient (Wildman–Crippen LogP) is 2.96. The Bertz CT molecular complexity index is 938. The monoisotopic (exact) mass is 365 g/mol. The van der Waals surface area contributed by atoms with Gasteiger partial charge in [-0.1, -0.05) is 6.07 Å². The van der Waals surface area contributed by atoms with Crippen LogP contribution in [0.5, 0.6) is 0 Å². The third kappa shape index (κ3) is 3.60. The van der Waals surface area contributed by atoms with Crippen LogP contribution >= 0.6 is 11.3 Å². The number of hydrogen-bond acceptors (Lipinski definition) is 4. The molecule has 1 atom stereocenters. The molecule has 3 heterocycles. The van der Waals surface area contributed by atoms with E-state index in [1.165, 1.54) is 10.1 Å². The van der Waals surface area contributed by atoms with E-state index in [0.29, 0.717) is 19.6 Å². The Labute approximate surface area is 155 Å². The van der Waals surface area contributed by atoms with Crippen LogP contribution in [-0.4, -0.2) is 28.2 Å². The summed E-state index contributed by atoms with van der Waals surface area (Å²) in [6, 6.07) is 12.1. The van der Waals surface area contributed by atoms with E-state index in [9.17, 15) is 9.59 Å². The van der Waals surface area contributed by atoms with Crippen molar-refractivity contribution >= 4 is 33.2 Å². The maximum absolute atomic E-state index is 12.5. The first-order valence-corrected chi connectivity index (χ1v) is 9.47. The molecule has 0 unspecified atom stereocenters. The number of rotatable bonds is 5. The van der Waals surface area contributed by atoms with Crippen LogP contribution in [0.15, 0.2) is 54.2 Å². The van der Waals surface area contributed by atoms with Gasteiger partial charge in [-0.3, -0.25) is 14.6 Å². The summed E-state index contributed by atoms with van der Waals surface area (Å²) in [6.07, 6.45) is 3.70. The highest BCUT2D eigenvalue weighted by molar-refractivity contribution is 7.17. The van der Waals surface area contributed by atoms with Crippen molar-refractivity contribution in [2.75, 3.05) is 6.54 Å². The van der Waals surface area contributed by atoms with Gasteiger partial charge in [0.1, 0.15) is 0 Å². The number of carbonyl (C=O) groups is 2. The van der Waals surface area contributed by atoms with E-state index >= 15 is 0 Å². The maximum Gasteiger partial charge on any atom is 0.225 e. The Morgan fingerprint density at radius 2 is 2.04 bits per heavy atom. The fourth-order valence-corrected chi connectivity index (χ4v) is 4.04. The lowest BCUT2D eigenvalue weighted by atomic mass is 10.1. The second kappa shape index (κ2) is 7.25. The highest BCUT2D eigenvalue weighted by Gasteiger charge is 2.34. The molecular formula is C20H19N3O2S. The molecular weight excluding hydrogens is 346 g/mol. The summed E-state index contributed by atoms with van der Waals surface area (Å²) in [5.74, 6) is -0.308. The van der Waals surface area contributed by atoms with Gasteiger partial charge in [0.15, 0.2) is 0 Å². The van der Waals surface area contributed by atoms with E-state index in [1.807, 2.05) is 18.2 Å². The van der Waals surface area contributed by atoms with Crippen LogP contribution in [0.1, 0.15) is 17.5 Å². The Hall–Kier alpha value is -2.73. The molecule has 2 aromatic heterocycles. The SMILES string of the molecule is O=C(NCc1ccc2sccc2c1)[C@@H]1CC(=O)N(Cc2ccncc2)C1. The van der Waals surface area contributed by atoms with Gasteiger partial charge in [-0.15, -0.1) is 11.3 Å². The topological polar surface area (TPSA) is 62.3 Å². The molecule has 26 heavy (non-hydrogen) atoms. The van der Waals surface area contributed by atoms with Crippen molar-refractivity contribution in [2.24, 2.45) is 5.92 Å². The van der Waals surface area contributed by atoms with Gasteiger partial charge in [0.25, 0.3) is 0 Å². The van der Waals surface area contributed by atoms with E-state index in [-0.39, 0.29) is 24.2 Å². The minimum absolute atomic E-state index is 0.0293. The van der Waals surface area contributed by atoms with Crippen LogP contribution in [0.4, 0.5) is 0 Å². The lowest BCUT2D eigenvalue weighted by Crippen LogP contribution is -2.32. The smallest absolute Gasteiger partial charge is 0.225 e. The normalized spacial score (nSPS) is 17.0. The molecule has 1 aliphatic heterocycles. The highest BCUT2D eigenvalue weighted by Crippen LogP contribution is 2.23. The number of carbonyl (C=O) groups excluding carboxylic acids is 2. The summed E-state index contributed by atoms with van der Waals surface area (Å²) in [4.78, 5) is 30.4. The first-order chi connectivity index (χ1) is 12.7. The lowest BCUT2D eigenvalue weighted by Gasteiger charge is -2.16. The van der Waals surface area contributed by atoms with Crippen molar-refractivity contribution in [1.82, 2.24) is 15.2 Å². The fraction of sp³-hybridized carbons (Fsp3) is 0.250. The van der Waals surface area contributed by atoms with E-state index in [1.54, 1.807) is 28.6 Å². The molecule has 3 aromatic rings. The number of benzene rings is 1. The number of likely N-dealkylation sites (tertiary alicyclic amines) is 1. The third-order valence-corrected chi connectivity index (χ3v) is 5.59. The van der Waals surface area contributed by atoms with Gasteiger partial charge < -0.3 is 10.2 Å². The number of hydrogen-bond donors (Lipinski definition) is 1.